The molecule has 0 aromatic heterocycles. The van der Waals surface area contributed by atoms with Crippen LogP contribution < -0.4 is 0 Å². The average Bonchev–Trinajstić information content (AvgIpc) is 2.37. The number of halogens is 1. The minimum absolute atomic E-state index is 0.0279. The highest BCUT2D eigenvalue weighted by molar-refractivity contribution is 6.33. The van der Waals surface area contributed by atoms with Crippen LogP contribution in [0.4, 0.5) is 0 Å². The van der Waals surface area contributed by atoms with Crippen LogP contribution in [0.3, 0.4) is 0 Å². The van der Waals surface area contributed by atoms with Crippen LogP contribution in [-0.4, -0.2) is 24.5 Å². The van der Waals surface area contributed by atoms with Crippen molar-refractivity contribution in [1.29, 1.82) is 0 Å². The zero-order chi connectivity index (χ0) is 13.0. The summed E-state index contributed by atoms with van der Waals surface area (Å²) in [6.07, 6.45) is 2.47. The van der Waals surface area contributed by atoms with Crippen molar-refractivity contribution in [2.24, 2.45) is 0 Å². The Balaban J connectivity index is 1.91. The summed E-state index contributed by atoms with van der Waals surface area (Å²) in [5.41, 5.74) is 0.303. The van der Waals surface area contributed by atoms with Crippen LogP contribution in [0, 0.1) is 0 Å². The van der Waals surface area contributed by atoms with Crippen molar-refractivity contribution >= 4 is 23.4 Å². The number of esters is 1. The summed E-state index contributed by atoms with van der Waals surface area (Å²) in [5, 5.41) is 0.336. The molecular formula is C13H11ClO4. The lowest BCUT2D eigenvalue weighted by molar-refractivity contribution is -0.118. The van der Waals surface area contributed by atoms with E-state index in [4.69, 9.17) is 21.1 Å². The van der Waals surface area contributed by atoms with E-state index in [1.54, 1.807) is 24.3 Å². The van der Waals surface area contributed by atoms with Crippen molar-refractivity contribution in [3.63, 3.8) is 0 Å². The van der Waals surface area contributed by atoms with Crippen LogP contribution in [0.5, 0.6) is 0 Å². The van der Waals surface area contributed by atoms with Gasteiger partial charge in [0.05, 0.1) is 23.3 Å². The summed E-state index contributed by atoms with van der Waals surface area (Å²) >= 11 is 5.87. The monoisotopic (exact) mass is 266 g/mol. The molecule has 0 spiro atoms. The smallest absolute Gasteiger partial charge is 0.339 e. The second-order valence-electron chi connectivity index (χ2n) is 3.81. The molecule has 1 atom stereocenters. The van der Waals surface area contributed by atoms with Gasteiger partial charge >= 0.3 is 5.97 Å². The van der Waals surface area contributed by atoms with Crippen LogP contribution in [0.25, 0.3) is 0 Å². The fourth-order valence-corrected chi connectivity index (χ4v) is 1.75. The summed E-state index contributed by atoms with van der Waals surface area (Å²) in [5.74, 6) is -0.564. The first-order chi connectivity index (χ1) is 8.66. The lowest BCUT2D eigenvalue weighted by atomic mass is 10.1. The van der Waals surface area contributed by atoms with Crippen LogP contribution in [-0.2, 0) is 14.3 Å². The van der Waals surface area contributed by atoms with Crippen LogP contribution in [0.1, 0.15) is 16.8 Å². The summed E-state index contributed by atoms with van der Waals surface area (Å²) in [6.45, 7) is 0.0279. The molecule has 1 aliphatic rings. The highest BCUT2D eigenvalue weighted by Crippen LogP contribution is 2.16. The van der Waals surface area contributed by atoms with E-state index in [2.05, 4.69) is 0 Å². The normalized spacial score (nSPS) is 18.3. The van der Waals surface area contributed by atoms with Gasteiger partial charge in [0.2, 0.25) is 0 Å². The van der Waals surface area contributed by atoms with Gasteiger partial charge in [0.1, 0.15) is 12.7 Å². The highest BCUT2D eigenvalue weighted by Gasteiger charge is 2.19. The predicted octanol–water partition coefficient (Wildman–Crippen LogP) is 2.37. The third-order valence-corrected chi connectivity index (χ3v) is 2.78. The Hall–Kier alpha value is -1.81. The quantitative estimate of drug-likeness (QED) is 0.788. The first kappa shape index (κ1) is 12.6. The van der Waals surface area contributed by atoms with Gasteiger partial charge in [-0.1, -0.05) is 23.7 Å². The van der Waals surface area contributed by atoms with Gasteiger partial charge in [-0.2, -0.15) is 0 Å². The largest absolute Gasteiger partial charge is 0.494 e. The van der Waals surface area contributed by atoms with E-state index in [-0.39, 0.29) is 18.8 Å². The van der Waals surface area contributed by atoms with Crippen molar-refractivity contribution in [2.75, 3.05) is 6.61 Å². The summed E-state index contributed by atoms with van der Waals surface area (Å²) in [7, 11) is 0. The third-order valence-electron chi connectivity index (χ3n) is 2.45. The van der Waals surface area contributed by atoms with E-state index in [1.165, 1.54) is 12.3 Å². The van der Waals surface area contributed by atoms with Crippen molar-refractivity contribution < 1.29 is 19.1 Å². The van der Waals surface area contributed by atoms with Gasteiger partial charge in [-0.15, -0.1) is 0 Å². The topological polar surface area (TPSA) is 52.6 Å². The number of ether oxygens (including phenoxy) is 2. The zero-order valence-corrected chi connectivity index (χ0v) is 10.2. The maximum absolute atomic E-state index is 11.7. The number of carbonyl (C=O) groups is 2. The molecule has 0 aliphatic carbocycles. The fourth-order valence-electron chi connectivity index (χ4n) is 1.54. The first-order valence-corrected chi connectivity index (χ1v) is 5.81. The van der Waals surface area contributed by atoms with E-state index in [9.17, 15) is 9.59 Å². The number of hydrogen-bond donors (Lipinski definition) is 0. The molecule has 4 nitrogen and oxygen atoms in total. The summed E-state index contributed by atoms with van der Waals surface area (Å²) < 4.78 is 10.2. The number of benzene rings is 1. The van der Waals surface area contributed by atoms with Gasteiger partial charge < -0.3 is 9.47 Å². The molecule has 0 unspecified atom stereocenters. The van der Waals surface area contributed by atoms with Gasteiger partial charge in [0, 0.05) is 6.08 Å². The molecule has 0 radical (unpaired) electrons. The number of allylic oxidation sites excluding steroid dienone is 1. The Bertz CT molecular complexity index is 496. The number of ketones is 1. The molecule has 0 N–H and O–H groups in total. The molecule has 0 saturated carbocycles. The van der Waals surface area contributed by atoms with E-state index < -0.39 is 12.1 Å². The van der Waals surface area contributed by atoms with E-state index in [0.29, 0.717) is 10.6 Å². The Labute approximate surface area is 109 Å². The first-order valence-electron chi connectivity index (χ1n) is 5.43. The summed E-state index contributed by atoms with van der Waals surface area (Å²) in [4.78, 5) is 22.8. The Morgan fingerprint density at radius 1 is 1.44 bits per heavy atom. The standard InChI is InChI=1S/C13H11ClO4/c14-12-4-2-1-3-11(12)13(16)18-8-10-7-9(15)5-6-17-10/h1-6,10H,7-8H2/t10-/m1/s1. The molecule has 5 heteroatoms. The molecule has 18 heavy (non-hydrogen) atoms. The van der Waals surface area contributed by atoms with Crippen LogP contribution >= 0.6 is 11.6 Å². The van der Waals surface area contributed by atoms with Gasteiger partial charge in [-0.25, -0.2) is 4.79 Å². The van der Waals surface area contributed by atoms with E-state index >= 15 is 0 Å². The Morgan fingerprint density at radius 2 is 2.22 bits per heavy atom. The average molecular weight is 267 g/mol. The molecular weight excluding hydrogens is 256 g/mol. The molecule has 1 heterocycles. The molecule has 2 rings (SSSR count). The van der Waals surface area contributed by atoms with Gasteiger partial charge in [0.15, 0.2) is 5.78 Å². The molecule has 94 valence electrons. The van der Waals surface area contributed by atoms with Crippen LogP contribution in [0.15, 0.2) is 36.6 Å². The Morgan fingerprint density at radius 3 is 2.94 bits per heavy atom. The predicted molar refractivity (Wildman–Crippen MR) is 65.4 cm³/mol. The maximum Gasteiger partial charge on any atom is 0.339 e. The second-order valence-corrected chi connectivity index (χ2v) is 4.22. The zero-order valence-electron chi connectivity index (χ0n) is 9.47. The molecule has 0 saturated heterocycles. The van der Waals surface area contributed by atoms with Crippen molar-refractivity contribution in [3.05, 3.63) is 47.2 Å². The second kappa shape index (κ2) is 5.69. The maximum atomic E-state index is 11.7. The van der Waals surface area contributed by atoms with Gasteiger partial charge in [0.25, 0.3) is 0 Å². The number of hydrogen-bond acceptors (Lipinski definition) is 4. The highest BCUT2D eigenvalue weighted by atomic mass is 35.5. The molecule has 1 aliphatic heterocycles. The van der Waals surface area contributed by atoms with Crippen LogP contribution in [0.2, 0.25) is 5.02 Å². The lowest BCUT2D eigenvalue weighted by Gasteiger charge is -2.18. The van der Waals surface area contributed by atoms with Crippen molar-refractivity contribution in [3.8, 4) is 0 Å². The van der Waals surface area contributed by atoms with Crippen molar-refractivity contribution in [2.45, 2.75) is 12.5 Å². The van der Waals surface area contributed by atoms with Gasteiger partial charge in [-0.3, -0.25) is 4.79 Å². The summed E-state index contributed by atoms with van der Waals surface area (Å²) in [6, 6.07) is 6.62. The van der Waals surface area contributed by atoms with E-state index in [0.717, 1.165) is 0 Å². The third kappa shape index (κ3) is 3.11. The van der Waals surface area contributed by atoms with Gasteiger partial charge in [-0.05, 0) is 12.1 Å². The molecule has 0 fully saturated rings. The lowest BCUT2D eigenvalue weighted by Crippen LogP contribution is -2.25. The molecule has 0 bridgehead atoms. The number of carbonyl (C=O) groups excluding carboxylic acids is 2. The van der Waals surface area contributed by atoms with Crippen molar-refractivity contribution in [1.82, 2.24) is 0 Å². The minimum Gasteiger partial charge on any atom is -0.494 e. The molecule has 1 aromatic carbocycles. The Kier molecular flexibility index (Phi) is 3.99. The number of rotatable bonds is 3. The minimum atomic E-state index is -0.522. The molecule has 1 aromatic rings. The SMILES string of the molecule is O=C1C=CO[C@@H](COC(=O)c2ccccc2Cl)C1. The molecule has 0 amide bonds. The fraction of sp³-hybridized carbons (Fsp3) is 0.231. The van der Waals surface area contributed by atoms with E-state index in [1.807, 2.05) is 0 Å².